The van der Waals surface area contributed by atoms with Crippen molar-refractivity contribution < 1.29 is 13.2 Å². The molecule has 0 aliphatic carbocycles. The topological polar surface area (TPSA) is 57.7 Å². The second kappa shape index (κ2) is 7.93. The summed E-state index contributed by atoms with van der Waals surface area (Å²) < 4.78 is 24.6. The van der Waals surface area contributed by atoms with E-state index >= 15 is 0 Å². The average molecular weight is 338 g/mol. The van der Waals surface area contributed by atoms with Crippen LogP contribution in [0.4, 0.5) is 0 Å². The zero-order chi connectivity index (χ0) is 16.9. The minimum absolute atomic E-state index is 0.0664. The Hall–Kier alpha value is -1.40. The van der Waals surface area contributed by atoms with Gasteiger partial charge in [0.15, 0.2) is 0 Å². The highest BCUT2D eigenvalue weighted by Crippen LogP contribution is 2.22. The summed E-state index contributed by atoms with van der Waals surface area (Å²) in [6.07, 6.45) is 3.37. The van der Waals surface area contributed by atoms with Crippen LogP contribution in [-0.4, -0.2) is 49.4 Å². The quantitative estimate of drug-likeness (QED) is 0.798. The van der Waals surface area contributed by atoms with E-state index in [4.69, 9.17) is 0 Å². The zero-order valence-corrected chi connectivity index (χ0v) is 14.8. The molecule has 6 heteroatoms. The molecule has 128 valence electrons. The minimum atomic E-state index is -3.15. The standard InChI is InChI=1S/C17H26N2O3S/c1-3-11-18(14-15-7-5-4-6-8-15)17(20)16-9-12-19(13-10-16)23(2,21)22/h4-8,16H,3,9-14H2,1-2H3. The van der Waals surface area contributed by atoms with E-state index in [-0.39, 0.29) is 11.8 Å². The predicted molar refractivity (Wildman–Crippen MR) is 91.3 cm³/mol. The number of piperidine rings is 1. The van der Waals surface area contributed by atoms with Crippen LogP contribution in [-0.2, 0) is 21.4 Å². The third kappa shape index (κ3) is 5.04. The lowest BCUT2D eigenvalue weighted by molar-refractivity contribution is -0.137. The molecule has 0 radical (unpaired) electrons. The maximum absolute atomic E-state index is 12.8. The fraction of sp³-hybridized carbons (Fsp3) is 0.588. The molecular formula is C17H26N2O3S. The number of nitrogens with zero attached hydrogens (tertiary/aromatic N) is 2. The number of hydrogen-bond donors (Lipinski definition) is 0. The highest BCUT2D eigenvalue weighted by Gasteiger charge is 2.31. The predicted octanol–water partition coefficient (Wildman–Crippen LogP) is 2.10. The maximum Gasteiger partial charge on any atom is 0.226 e. The molecule has 1 aliphatic rings. The highest BCUT2D eigenvalue weighted by atomic mass is 32.2. The molecule has 5 nitrogen and oxygen atoms in total. The molecule has 0 aromatic heterocycles. The SMILES string of the molecule is CCCN(Cc1ccccc1)C(=O)C1CCN(S(C)(=O)=O)CC1. The molecule has 1 aromatic rings. The van der Waals surface area contributed by atoms with Crippen molar-refractivity contribution in [2.24, 2.45) is 5.92 Å². The van der Waals surface area contributed by atoms with E-state index in [0.29, 0.717) is 32.5 Å². The molecule has 1 saturated heterocycles. The van der Waals surface area contributed by atoms with Gasteiger partial charge in [0, 0.05) is 32.1 Å². The number of rotatable bonds is 6. The van der Waals surface area contributed by atoms with Gasteiger partial charge in [-0.05, 0) is 24.8 Å². The normalized spacial score (nSPS) is 17.1. The number of carbonyl (C=O) groups excluding carboxylic acids is 1. The van der Waals surface area contributed by atoms with Crippen molar-refractivity contribution in [3.05, 3.63) is 35.9 Å². The first kappa shape index (κ1) is 17.9. The molecule has 23 heavy (non-hydrogen) atoms. The Morgan fingerprint density at radius 2 is 1.83 bits per heavy atom. The summed E-state index contributed by atoms with van der Waals surface area (Å²) >= 11 is 0. The molecular weight excluding hydrogens is 312 g/mol. The smallest absolute Gasteiger partial charge is 0.226 e. The fourth-order valence-electron chi connectivity index (χ4n) is 3.03. The summed E-state index contributed by atoms with van der Waals surface area (Å²) in [5.41, 5.74) is 1.13. The summed E-state index contributed by atoms with van der Waals surface area (Å²) in [6, 6.07) is 9.99. The first-order chi connectivity index (χ1) is 10.9. The molecule has 1 amide bonds. The van der Waals surface area contributed by atoms with Gasteiger partial charge in [-0.25, -0.2) is 12.7 Å². The molecule has 1 heterocycles. The van der Waals surface area contributed by atoms with Crippen LogP contribution in [0.3, 0.4) is 0 Å². The van der Waals surface area contributed by atoms with Crippen LogP contribution in [0.25, 0.3) is 0 Å². The van der Waals surface area contributed by atoms with Gasteiger partial charge in [0.1, 0.15) is 0 Å². The Balaban J connectivity index is 1.99. The van der Waals surface area contributed by atoms with Gasteiger partial charge in [-0.15, -0.1) is 0 Å². The molecule has 1 aromatic carbocycles. The van der Waals surface area contributed by atoms with Crippen LogP contribution in [0, 0.1) is 5.92 Å². The number of amides is 1. The lowest BCUT2D eigenvalue weighted by Gasteiger charge is -2.33. The molecule has 1 aliphatic heterocycles. The summed E-state index contributed by atoms with van der Waals surface area (Å²) in [6.45, 7) is 4.32. The van der Waals surface area contributed by atoms with Gasteiger partial charge in [-0.2, -0.15) is 0 Å². The summed E-state index contributed by atoms with van der Waals surface area (Å²) in [5, 5.41) is 0. The van der Waals surface area contributed by atoms with E-state index in [1.807, 2.05) is 35.2 Å². The summed E-state index contributed by atoms with van der Waals surface area (Å²) in [7, 11) is -3.15. The van der Waals surface area contributed by atoms with E-state index in [1.165, 1.54) is 10.6 Å². The minimum Gasteiger partial charge on any atom is -0.338 e. The monoisotopic (exact) mass is 338 g/mol. The highest BCUT2D eigenvalue weighted by molar-refractivity contribution is 7.88. The van der Waals surface area contributed by atoms with Crippen molar-refractivity contribution in [1.82, 2.24) is 9.21 Å². The summed E-state index contributed by atoms with van der Waals surface area (Å²) in [4.78, 5) is 14.7. The Kier molecular flexibility index (Phi) is 6.18. The van der Waals surface area contributed by atoms with Crippen LogP contribution in [0.2, 0.25) is 0 Å². The Labute approximate surface area is 139 Å². The van der Waals surface area contributed by atoms with Crippen LogP contribution >= 0.6 is 0 Å². The molecule has 0 atom stereocenters. The van der Waals surface area contributed by atoms with E-state index in [2.05, 4.69) is 6.92 Å². The molecule has 0 N–H and O–H groups in total. The molecule has 2 rings (SSSR count). The molecule has 0 saturated carbocycles. The second-order valence-corrected chi connectivity index (χ2v) is 8.16. The van der Waals surface area contributed by atoms with Crippen molar-refractivity contribution in [2.45, 2.75) is 32.7 Å². The number of carbonyl (C=O) groups is 1. The molecule has 1 fully saturated rings. The number of hydrogen-bond acceptors (Lipinski definition) is 3. The Morgan fingerprint density at radius 3 is 2.35 bits per heavy atom. The van der Waals surface area contributed by atoms with Crippen molar-refractivity contribution in [1.29, 1.82) is 0 Å². The van der Waals surface area contributed by atoms with Crippen LogP contribution in [0.15, 0.2) is 30.3 Å². The van der Waals surface area contributed by atoms with Crippen LogP contribution in [0.1, 0.15) is 31.7 Å². The van der Waals surface area contributed by atoms with E-state index in [1.54, 1.807) is 0 Å². The largest absolute Gasteiger partial charge is 0.338 e. The lowest BCUT2D eigenvalue weighted by Crippen LogP contribution is -2.44. The van der Waals surface area contributed by atoms with Gasteiger partial charge >= 0.3 is 0 Å². The Morgan fingerprint density at radius 1 is 1.22 bits per heavy atom. The molecule has 0 spiro atoms. The van der Waals surface area contributed by atoms with Gasteiger partial charge in [-0.1, -0.05) is 37.3 Å². The van der Waals surface area contributed by atoms with Crippen molar-refractivity contribution in [3.63, 3.8) is 0 Å². The molecule has 0 bridgehead atoms. The van der Waals surface area contributed by atoms with Gasteiger partial charge in [0.25, 0.3) is 0 Å². The second-order valence-electron chi connectivity index (χ2n) is 6.18. The van der Waals surface area contributed by atoms with Gasteiger partial charge < -0.3 is 4.90 Å². The first-order valence-corrected chi connectivity index (χ1v) is 10.0. The van der Waals surface area contributed by atoms with Crippen molar-refractivity contribution in [3.8, 4) is 0 Å². The van der Waals surface area contributed by atoms with Crippen molar-refractivity contribution >= 4 is 15.9 Å². The summed E-state index contributed by atoms with van der Waals surface area (Å²) in [5.74, 6) is 0.0899. The van der Waals surface area contributed by atoms with Crippen LogP contribution < -0.4 is 0 Å². The zero-order valence-electron chi connectivity index (χ0n) is 13.9. The number of benzene rings is 1. The maximum atomic E-state index is 12.8. The number of sulfonamides is 1. The van der Waals surface area contributed by atoms with Crippen LogP contribution in [0.5, 0.6) is 0 Å². The van der Waals surface area contributed by atoms with E-state index < -0.39 is 10.0 Å². The van der Waals surface area contributed by atoms with Crippen molar-refractivity contribution in [2.75, 3.05) is 25.9 Å². The van der Waals surface area contributed by atoms with E-state index in [0.717, 1.165) is 18.5 Å². The third-order valence-corrected chi connectivity index (χ3v) is 5.60. The third-order valence-electron chi connectivity index (χ3n) is 4.29. The van der Waals surface area contributed by atoms with Gasteiger partial charge in [-0.3, -0.25) is 4.79 Å². The fourth-order valence-corrected chi connectivity index (χ4v) is 3.91. The van der Waals surface area contributed by atoms with Gasteiger partial charge in [0.2, 0.25) is 15.9 Å². The van der Waals surface area contributed by atoms with E-state index in [9.17, 15) is 13.2 Å². The lowest BCUT2D eigenvalue weighted by atomic mass is 9.96. The Bertz CT molecular complexity index is 608. The molecule has 0 unspecified atom stereocenters. The first-order valence-electron chi connectivity index (χ1n) is 8.19. The van der Waals surface area contributed by atoms with Gasteiger partial charge in [0.05, 0.1) is 6.26 Å². The average Bonchev–Trinajstić information content (AvgIpc) is 2.54.